The molecular formula is C15H18FN3S. The minimum absolute atomic E-state index is 0.192. The Bertz CT molecular complexity index is 552. The monoisotopic (exact) mass is 291 g/mol. The first-order chi connectivity index (χ1) is 9.78. The number of benzene rings is 1. The summed E-state index contributed by atoms with van der Waals surface area (Å²) in [7, 11) is 1.74. The van der Waals surface area contributed by atoms with Crippen molar-refractivity contribution in [2.45, 2.75) is 13.0 Å². The molecule has 0 radical (unpaired) electrons. The van der Waals surface area contributed by atoms with E-state index in [2.05, 4.69) is 27.1 Å². The average molecular weight is 291 g/mol. The summed E-state index contributed by atoms with van der Waals surface area (Å²) in [6.45, 7) is 1.48. The number of nitrogens with one attached hydrogen (secondary N) is 2. The summed E-state index contributed by atoms with van der Waals surface area (Å²) in [5.41, 5.74) is 0.978. The molecule has 3 nitrogen and oxygen atoms in total. The summed E-state index contributed by atoms with van der Waals surface area (Å²) >= 11 is 1.71. The fourth-order valence-corrected chi connectivity index (χ4v) is 2.47. The smallest absolute Gasteiger partial charge is 0.191 e. The Hall–Kier alpha value is -1.88. The molecule has 0 saturated heterocycles. The molecule has 1 heterocycles. The highest BCUT2D eigenvalue weighted by atomic mass is 32.1. The van der Waals surface area contributed by atoms with E-state index in [0.29, 0.717) is 6.54 Å². The highest BCUT2D eigenvalue weighted by Gasteiger charge is 2.00. The quantitative estimate of drug-likeness (QED) is 0.656. The minimum atomic E-state index is -0.192. The van der Waals surface area contributed by atoms with Gasteiger partial charge in [-0.1, -0.05) is 18.2 Å². The van der Waals surface area contributed by atoms with Crippen LogP contribution in [0, 0.1) is 5.82 Å². The Kier molecular flexibility index (Phi) is 5.55. The highest BCUT2D eigenvalue weighted by Crippen LogP contribution is 2.07. The molecule has 0 unspecified atom stereocenters. The van der Waals surface area contributed by atoms with Crippen LogP contribution in [-0.4, -0.2) is 19.6 Å². The fraction of sp³-hybridized carbons (Fsp3) is 0.267. The molecular weight excluding hydrogens is 273 g/mol. The van der Waals surface area contributed by atoms with Crippen molar-refractivity contribution >= 4 is 17.3 Å². The van der Waals surface area contributed by atoms with Gasteiger partial charge in [0.15, 0.2) is 5.96 Å². The third-order valence-corrected chi connectivity index (χ3v) is 3.71. The zero-order chi connectivity index (χ0) is 14.2. The molecule has 5 heteroatoms. The van der Waals surface area contributed by atoms with Gasteiger partial charge in [-0.25, -0.2) is 4.39 Å². The second-order valence-electron chi connectivity index (χ2n) is 4.31. The maximum atomic E-state index is 13.0. The molecule has 1 aromatic heterocycles. The third kappa shape index (κ3) is 4.66. The van der Waals surface area contributed by atoms with Gasteiger partial charge in [0.05, 0.1) is 6.54 Å². The van der Waals surface area contributed by atoms with Crippen LogP contribution in [0.15, 0.2) is 46.8 Å². The van der Waals surface area contributed by atoms with Gasteiger partial charge in [-0.05, 0) is 35.6 Å². The van der Waals surface area contributed by atoms with Gasteiger partial charge >= 0.3 is 0 Å². The van der Waals surface area contributed by atoms with E-state index in [-0.39, 0.29) is 5.82 Å². The summed E-state index contributed by atoms with van der Waals surface area (Å²) < 4.78 is 13.0. The molecule has 2 N–H and O–H groups in total. The zero-order valence-electron chi connectivity index (χ0n) is 11.4. The molecule has 0 atom stereocenters. The van der Waals surface area contributed by atoms with Crippen LogP contribution in [-0.2, 0) is 13.0 Å². The predicted octanol–water partition coefficient (Wildman–Crippen LogP) is 2.79. The number of hydrogen-bond donors (Lipinski definition) is 2. The van der Waals surface area contributed by atoms with Gasteiger partial charge < -0.3 is 10.6 Å². The SMILES string of the molecule is CN=C(NCCc1cccc(F)c1)NCc1cccs1. The standard InChI is InChI=1S/C15H18FN3S/c1-17-15(19-11-14-6-3-9-20-14)18-8-7-12-4-2-5-13(16)10-12/h2-6,9-10H,7-8,11H2,1H3,(H2,17,18,19). The number of guanidine groups is 1. The Morgan fingerprint density at radius 1 is 1.25 bits per heavy atom. The number of aliphatic imine (C=N–C) groups is 1. The topological polar surface area (TPSA) is 36.4 Å². The first kappa shape index (κ1) is 14.5. The molecule has 0 bridgehead atoms. The molecule has 1 aromatic carbocycles. The lowest BCUT2D eigenvalue weighted by atomic mass is 10.1. The number of thiophene rings is 1. The maximum Gasteiger partial charge on any atom is 0.191 e. The molecule has 0 aliphatic carbocycles. The van der Waals surface area contributed by atoms with Crippen molar-refractivity contribution < 1.29 is 4.39 Å². The van der Waals surface area contributed by atoms with Gasteiger partial charge in [-0.3, -0.25) is 4.99 Å². The first-order valence-electron chi connectivity index (χ1n) is 6.49. The number of halogens is 1. The van der Waals surface area contributed by atoms with E-state index in [1.807, 2.05) is 12.1 Å². The number of hydrogen-bond acceptors (Lipinski definition) is 2. The van der Waals surface area contributed by atoms with Crippen LogP contribution < -0.4 is 10.6 Å². The zero-order valence-corrected chi connectivity index (χ0v) is 12.2. The van der Waals surface area contributed by atoms with E-state index in [4.69, 9.17) is 0 Å². The molecule has 2 rings (SSSR count). The molecule has 106 valence electrons. The van der Waals surface area contributed by atoms with E-state index in [1.165, 1.54) is 10.9 Å². The lowest BCUT2D eigenvalue weighted by Crippen LogP contribution is -2.37. The van der Waals surface area contributed by atoms with Crippen molar-refractivity contribution in [1.29, 1.82) is 0 Å². The number of nitrogens with zero attached hydrogens (tertiary/aromatic N) is 1. The highest BCUT2D eigenvalue weighted by molar-refractivity contribution is 7.09. The first-order valence-corrected chi connectivity index (χ1v) is 7.37. The van der Waals surface area contributed by atoms with Crippen molar-refractivity contribution in [2.75, 3.05) is 13.6 Å². The third-order valence-electron chi connectivity index (χ3n) is 2.83. The molecule has 0 saturated carbocycles. The summed E-state index contributed by atoms with van der Waals surface area (Å²) in [4.78, 5) is 5.42. The maximum absolute atomic E-state index is 13.0. The number of rotatable bonds is 5. The van der Waals surface area contributed by atoms with Gasteiger partial charge in [0, 0.05) is 18.5 Å². The van der Waals surface area contributed by atoms with Crippen LogP contribution in [0.1, 0.15) is 10.4 Å². The Morgan fingerprint density at radius 2 is 2.15 bits per heavy atom. The van der Waals surface area contributed by atoms with E-state index in [0.717, 1.165) is 24.5 Å². The minimum Gasteiger partial charge on any atom is -0.356 e. The second-order valence-corrected chi connectivity index (χ2v) is 5.34. The molecule has 20 heavy (non-hydrogen) atoms. The van der Waals surface area contributed by atoms with Gasteiger partial charge in [0.1, 0.15) is 5.82 Å². The molecule has 2 aromatic rings. The summed E-state index contributed by atoms with van der Waals surface area (Å²) in [5.74, 6) is 0.567. The molecule has 0 aliphatic rings. The van der Waals surface area contributed by atoms with E-state index in [1.54, 1.807) is 30.5 Å². The Labute approximate surface area is 122 Å². The van der Waals surface area contributed by atoms with Crippen LogP contribution in [0.2, 0.25) is 0 Å². The Balaban J connectivity index is 1.74. The molecule has 0 amide bonds. The van der Waals surface area contributed by atoms with Gasteiger partial charge in [0.2, 0.25) is 0 Å². The normalized spacial score (nSPS) is 11.4. The van der Waals surface area contributed by atoms with Crippen molar-refractivity contribution in [3.8, 4) is 0 Å². The molecule has 0 fully saturated rings. The summed E-state index contributed by atoms with van der Waals surface area (Å²) in [6, 6.07) is 10.8. The van der Waals surface area contributed by atoms with Crippen LogP contribution in [0.4, 0.5) is 4.39 Å². The van der Waals surface area contributed by atoms with Gasteiger partial charge in [-0.15, -0.1) is 11.3 Å². The van der Waals surface area contributed by atoms with E-state index < -0.39 is 0 Å². The van der Waals surface area contributed by atoms with Gasteiger partial charge in [0.25, 0.3) is 0 Å². The molecule has 0 aliphatic heterocycles. The second kappa shape index (κ2) is 7.65. The fourth-order valence-electron chi connectivity index (χ4n) is 1.82. The van der Waals surface area contributed by atoms with Gasteiger partial charge in [-0.2, -0.15) is 0 Å². The summed E-state index contributed by atoms with van der Waals surface area (Å²) in [5, 5.41) is 8.52. The lowest BCUT2D eigenvalue weighted by molar-refractivity contribution is 0.625. The van der Waals surface area contributed by atoms with E-state index >= 15 is 0 Å². The van der Waals surface area contributed by atoms with Crippen LogP contribution in [0.3, 0.4) is 0 Å². The van der Waals surface area contributed by atoms with Crippen molar-refractivity contribution in [2.24, 2.45) is 4.99 Å². The van der Waals surface area contributed by atoms with Crippen molar-refractivity contribution in [3.63, 3.8) is 0 Å². The Morgan fingerprint density at radius 3 is 2.85 bits per heavy atom. The lowest BCUT2D eigenvalue weighted by Gasteiger charge is -2.11. The molecule has 0 spiro atoms. The van der Waals surface area contributed by atoms with Crippen molar-refractivity contribution in [3.05, 3.63) is 58.0 Å². The van der Waals surface area contributed by atoms with Crippen molar-refractivity contribution in [1.82, 2.24) is 10.6 Å². The predicted molar refractivity (Wildman–Crippen MR) is 82.6 cm³/mol. The van der Waals surface area contributed by atoms with E-state index in [9.17, 15) is 4.39 Å². The van der Waals surface area contributed by atoms with Crippen LogP contribution in [0.25, 0.3) is 0 Å². The van der Waals surface area contributed by atoms with Crippen LogP contribution >= 0.6 is 11.3 Å². The van der Waals surface area contributed by atoms with Crippen LogP contribution in [0.5, 0.6) is 0 Å². The average Bonchev–Trinajstić information content (AvgIpc) is 2.96. The summed E-state index contributed by atoms with van der Waals surface area (Å²) in [6.07, 6.45) is 0.761. The largest absolute Gasteiger partial charge is 0.356 e.